The number of benzene rings is 1. The maximum absolute atomic E-state index is 12.2. The van der Waals surface area contributed by atoms with Crippen molar-refractivity contribution in [1.29, 1.82) is 0 Å². The summed E-state index contributed by atoms with van der Waals surface area (Å²) in [6.07, 6.45) is 0. The zero-order valence-electron chi connectivity index (χ0n) is 14.3. The van der Waals surface area contributed by atoms with Crippen LogP contribution in [0.3, 0.4) is 0 Å². The van der Waals surface area contributed by atoms with Crippen molar-refractivity contribution in [3.63, 3.8) is 0 Å². The molecular weight excluding hydrogens is 392 g/mol. The SMILES string of the molecule is COC(=O)[C@@H](C(C)C)n1c(O)c(COCc2ccc(Br)cc2)[nH]c1=O. The molecule has 0 unspecified atom stereocenters. The normalized spacial score (nSPS) is 12.4. The molecule has 0 aliphatic rings. The van der Waals surface area contributed by atoms with E-state index in [-0.39, 0.29) is 24.1 Å². The van der Waals surface area contributed by atoms with Gasteiger partial charge in [0.25, 0.3) is 0 Å². The van der Waals surface area contributed by atoms with Crippen LogP contribution in [-0.2, 0) is 27.5 Å². The summed E-state index contributed by atoms with van der Waals surface area (Å²) in [6.45, 7) is 3.87. The van der Waals surface area contributed by atoms with Gasteiger partial charge in [0, 0.05) is 4.47 Å². The standard InChI is InChI=1S/C17H21BrN2O5/c1-10(2)14(16(22)24-3)20-15(21)13(19-17(20)23)9-25-8-11-4-6-12(18)7-5-11/h4-7,10,14,21H,8-9H2,1-3H3,(H,19,23)/t14-/m1/s1. The Hall–Kier alpha value is -2.06. The molecule has 1 aromatic carbocycles. The van der Waals surface area contributed by atoms with E-state index in [1.165, 1.54) is 7.11 Å². The van der Waals surface area contributed by atoms with Crippen molar-refractivity contribution in [2.45, 2.75) is 33.1 Å². The Morgan fingerprint density at radius 1 is 1.28 bits per heavy atom. The van der Waals surface area contributed by atoms with Crippen molar-refractivity contribution in [3.8, 4) is 5.88 Å². The number of esters is 1. The fourth-order valence-corrected chi connectivity index (χ4v) is 2.76. The highest BCUT2D eigenvalue weighted by Gasteiger charge is 2.30. The molecule has 0 spiro atoms. The molecule has 2 rings (SSSR count). The van der Waals surface area contributed by atoms with Gasteiger partial charge < -0.3 is 19.6 Å². The van der Waals surface area contributed by atoms with Gasteiger partial charge in [0.15, 0.2) is 0 Å². The molecule has 25 heavy (non-hydrogen) atoms. The summed E-state index contributed by atoms with van der Waals surface area (Å²) in [5, 5.41) is 10.3. The average molecular weight is 413 g/mol. The first-order valence-electron chi connectivity index (χ1n) is 7.77. The summed E-state index contributed by atoms with van der Waals surface area (Å²) in [6, 6.07) is 6.71. The van der Waals surface area contributed by atoms with E-state index >= 15 is 0 Å². The van der Waals surface area contributed by atoms with Gasteiger partial charge in [-0.15, -0.1) is 0 Å². The van der Waals surface area contributed by atoms with E-state index in [2.05, 4.69) is 20.9 Å². The number of halogens is 1. The van der Waals surface area contributed by atoms with Crippen LogP contribution < -0.4 is 5.69 Å². The Balaban J connectivity index is 2.14. The van der Waals surface area contributed by atoms with Crippen LogP contribution in [0.25, 0.3) is 0 Å². The summed E-state index contributed by atoms with van der Waals surface area (Å²) >= 11 is 3.36. The number of ether oxygens (including phenoxy) is 2. The highest BCUT2D eigenvalue weighted by Crippen LogP contribution is 2.25. The number of aromatic hydroxyl groups is 1. The van der Waals surface area contributed by atoms with E-state index in [0.29, 0.717) is 6.61 Å². The Bertz CT molecular complexity index is 779. The maximum atomic E-state index is 12.2. The molecule has 2 aromatic rings. The van der Waals surface area contributed by atoms with E-state index in [4.69, 9.17) is 9.47 Å². The molecule has 7 nitrogen and oxygen atoms in total. The second-order valence-corrected chi connectivity index (χ2v) is 6.85. The van der Waals surface area contributed by atoms with Gasteiger partial charge in [0.1, 0.15) is 11.7 Å². The number of aromatic nitrogens is 2. The van der Waals surface area contributed by atoms with E-state index in [1.54, 1.807) is 13.8 Å². The van der Waals surface area contributed by atoms with Gasteiger partial charge in [0.2, 0.25) is 5.88 Å². The summed E-state index contributed by atoms with van der Waals surface area (Å²) < 4.78 is 12.3. The van der Waals surface area contributed by atoms with Gasteiger partial charge in [-0.3, -0.25) is 0 Å². The monoisotopic (exact) mass is 412 g/mol. The fraction of sp³-hybridized carbons (Fsp3) is 0.412. The molecule has 0 aliphatic heterocycles. The smallest absolute Gasteiger partial charge is 0.329 e. The van der Waals surface area contributed by atoms with Crippen LogP contribution in [0.15, 0.2) is 33.5 Å². The van der Waals surface area contributed by atoms with E-state index in [9.17, 15) is 14.7 Å². The lowest BCUT2D eigenvalue weighted by atomic mass is 10.0. The highest BCUT2D eigenvalue weighted by molar-refractivity contribution is 9.10. The molecule has 0 bridgehead atoms. The minimum absolute atomic E-state index is 0.0100. The Kier molecular flexibility index (Phi) is 6.44. The van der Waals surface area contributed by atoms with Crippen LogP contribution in [0.5, 0.6) is 5.88 Å². The number of carbonyl (C=O) groups is 1. The number of hydrogen-bond donors (Lipinski definition) is 2. The maximum Gasteiger partial charge on any atom is 0.329 e. The third-order valence-corrected chi connectivity index (χ3v) is 4.28. The number of nitrogens with one attached hydrogen (secondary N) is 1. The zero-order valence-corrected chi connectivity index (χ0v) is 15.9. The third kappa shape index (κ3) is 4.52. The van der Waals surface area contributed by atoms with Gasteiger partial charge in [0.05, 0.1) is 20.3 Å². The molecule has 0 aliphatic carbocycles. The molecular formula is C17H21BrN2O5. The Labute approximate surface area is 153 Å². The van der Waals surface area contributed by atoms with Crippen molar-refractivity contribution in [1.82, 2.24) is 9.55 Å². The second-order valence-electron chi connectivity index (χ2n) is 5.93. The molecule has 1 aromatic heterocycles. The molecule has 0 fully saturated rings. The molecule has 0 saturated carbocycles. The minimum atomic E-state index is -0.908. The highest BCUT2D eigenvalue weighted by atomic mass is 79.9. The van der Waals surface area contributed by atoms with Crippen molar-refractivity contribution in [2.24, 2.45) is 5.92 Å². The van der Waals surface area contributed by atoms with Crippen LogP contribution in [0.2, 0.25) is 0 Å². The summed E-state index contributed by atoms with van der Waals surface area (Å²) in [4.78, 5) is 26.7. The van der Waals surface area contributed by atoms with E-state index in [1.807, 2.05) is 24.3 Å². The topological polar surface area (TPSA) is 93.5 Å². The number of aromatic amines is 1. The van der Waals surface area contributed by atoms with Crippen molar-refractivity contribution in [2.75, 3.05) is 7.11 Å². The predicted molar refractivity (Wildman–Crippen MR) is 95.2 cm³/mol. The third-order valence-electron chi connectivity index (χ3n) is 3.76. The molecule has 2 N–H and O–H groups in total. The Morgan fingerprint density at radius 2 is 1.92 bits per heavy atom. The minimum Gasteiger partial charge on any atom is -0.493 e. The van der Waals surface area contributed by atoms with Crippen molar-refractivity contribution >= 4 is 21.9 Å². The number of nitrogens with zero attached hydrogens (tertiary/aromatic N) is 1. The molecule has 8 heteroatoms. The first-order chi connectivity index (χ1) is 11.8. The number of methoxy groups -OCH3 is 1. The average Bonchev–Trinajstić information content (AvgIpc) is 2.84. The lowest BCUT2D eigenvalue weighted by molar-refractivity contribution is -0.146. The van der Waals surface area contributed by atoms with Gasteiger partial charge in [-0.25, -0.2) is 14.2 Å². The molecule has 0 saturated heterocycles. The Morgan fingerprint density at radius 3 is 2.48 bits per heavy atom. The van der Waals surface area contributed by atoms with E-state index < -0.39 is 17.7 Å². The van der Waals surface area contributed by atoms with Gasteiger partial charge in [-0.1, -0.05) is 41.9 Å². The summed E-state index contributed by atoms with van der Waals surface area (Å²) in [7, 11) is 1.24. The van der Waals surface area contributed by atoms with Gasteiger partial charge in [-0.05, 0) is 23.6 Å². The summed E-state index contributed by atoms with van der Waals surface area (Å²) in [5.74, 6) is -1.14. The van der Waals surface area contributed by atoms with Crippen LogP contribution in [-0.4, -0.2) is 27.7 Å². The number of rotatable bonds is 7. The molecule has 1 atom stereocenters. The van der Waals surface area contributed by atoms with Crippen LogP contribution in [0, 0.1) is 5.92 Å². The second kappa shape index (κ2) is 8.35. The zero-order chi connectivity index (χ0) is 18.6. The molecule has 0 amide bonds. The van der Waals surface area contributed by atoms with Crippen molar-refractivity contribution < 1.29 is 19.4 Å². The quantitative estimate of drug-likeness (QED) is 0.681. The van der Waals surface area contributed by atoms with Crippen LogP contribution >= 0.6 is 15.9 Å². The lowest BCUT2D eigenvalue weighted by Gasteiger charge is -2.19. The lowest BCUT2D eigenvalue weighted by Crippen LogP contribution is -2.32. The first-order valence-corrected chi connectivity index (χ1v) is 8.56. The van der Waals surface area contributed by atoms with Gasteiger partial charge in [-0.2, -0.15) is 0 Å². The van der Waals surface area contributed by atoms with Gasteiger partial charge >= 0.3 is 11.7 Å². The fourth-order valence-electron chi connectivity index (χ4n) is 2.49. The number of H-pyrrole nitrogens is 1. The van der Waals surface area contributed by atoms with Crippen LogP contribution in [0.4, 0.5) is 0 Å². The van der Waals surface area contributed by atoms with Crippen LogP contribution in [0.1, 0.15) is 31.1 Å². The molecule has 1 heterocycles. The van der Waals surface area contributed by atoms with Crippen molar-refractivity contribution in [3.05, 3.63) is 50.5 Å². The van der Waals surface area contributed by atoms with E-state index in [0.717, 1.165) is 14.6 Å². The largest absolute Gasteiger partial charge is 0.493 e. The molecule has 136 valence electrons. The predicted octanol–water partition coefficient (Wildman–Crippen LogP) is 2.73. The summed E-state index contributed by atoms with van der Waals surface area (Å²) in [5.41, 5.74) is 0.597. The first kappa shape index (κ1) is 19.3. The number of carbonyl (C=O) groups excluding carboxylic acids is 1. The number of imidazole rings is 1. The molecule has 0 radical (unpaired) electrons. The number of hydrogen-bond acceptors (Lipinski definition) is 5.